The van der Waals surface area contributed by atoms with E-state index in [0.29, 0.717) is 5.56 Å². The zero-order valence-corrected chi connectivity index (χ0v) is 9.30. The summed E-state index contributed by atoms with van der Waals surface area (Å²) < 4.78 is 30.0. The molecule has 0 saturated carbocycles. The molecule has 0 aliphatic carbocycles. The van der Waals surface area contributed by atoms with Crippen molar-refractivity contribution in [3.8, 4) is 0 Å². The fourth-order valence-electron chi connectivity index (χ4n) is 1.24. The Kier molecular flexibility index (Phi) is 4.61. The van der Waals surface area contributed by atoms with Gasteiger partial charge in [0.2, 0.25) is 0 Å². The van der Waals surface area contributed by atoms with Crippen molar-refractivity contribution in [2.75, 3.05) is 6.61 Å². The number of hydrogen-bond donors (Lipinski definition) is 0. The lowest BCUT2D eigenvalue weighted by Crippen LogP contribution is -2.13. The maximum Gasteiger partial charge on any atom is 0.340 e. The van der Waals surface area contributed by atoms with Crippen molar-refractivity contribution in [3.05, 3.63) is 29.1 Å². The average Bonchev–Trinajstić information content (AvgIpc) is 2.28. The lowest BCUT2D eigenvalue weighted by Gasteiger charge is -2.10. The fourth-order valence-corrected chi connectivity index (χ4v) is 1.46. The van der Waals surface area contributed by atoms with Crippen LogP contribution in [0.15, 0.2) is 12.3 Å². The summed E-state index contributed by atoms with van der Waals surface area (Å²) in [5.74, 6) is -0.863. The van der Waals surface area contributed by atoms with Gasteiger partial charge in [0, 0.05) is 12.1 Å². The van der Waals surface area contributed by atoms with Crippen LogP contribution in [0.3, 0.4) is 0 Å². The summed E-state index contributed by atoms with van der Waals surface area (Å²) in [5, 5.41) is 0. The van der Waals surface area contributed by atoms with Gasteiger partial charge < -0.3 is 4.74 Å². The Bertz CT molecular complexity index is 385. The lowest BCUT2D eigenvalue weighted by atomic mass is 10.1. The number of esters is 1. The van der Waals surface area contributed by atoms with E-state index in [2.05, 4.69) is 4.98 Å². The zero-order valence-electron chi connectivity index (χ0n) is 8.54. The highest BCUT2D eigenvalue weighted by molar-refractivity contribution is 6.17. The van der Waals surface area contributed by atoms with Crippen molar-refractivity contribution < 1.29 is 18.3 Å². The second kappa shape index (κ2) is 5.75. The first-order valence-corrected chi connectivity index (χ1v) is 5.14. The summed E-state index contributed by atoms with van der Waals surface area (Å²) in [4.78, 5) is 15.0. The number of alkyl halides is 3. The number of carbonyl (C=O) groups excluding carboxylic acids is 1. The number of aromatic nitrogens is 1. The molecular formula is C10H10ClF2NO2. The average molecular weight is 250 g/mol. The van der Waals surface area contributed by atoms with Crippen molar-refractivity contribution in [1.29, 1.82) is 0 Å². The fraction of sp³-hybridized carbons (Fsp3) is 0.400. The third kappa shape index (κ3) is 2.66. The Labute approximate surface area is 96.4 Å². The third-order valence-electron chi connectivity index (χ3n) is 1.90. The minimum absolute atomic E-state index is 0.0453. The summed E-state index contributed by atoms with van der Waals surface area (Å²) in [6.07, 6.45) is -1.63. The Morgan fingerprint density at radius 2 is 2.31 bits per heavy atom. The number of halogens is 3. The van der Waals surface area contributed by atoms with Crippen LogP contribution in [0, 0.1) is 0 Å². The molecule has 0 unspecified atom stereocenters. The summed E-state index contributed by atoms with van der Waals surface area (Å²) in [6, 6.07) is 1.42. The maximum atomic E-state index is 12.6. The molecule has 0 saturated heterocycles. The first-order chi connectivity index (χ1) is 7.61. The van der Waals surface area contributed by atoms with Gasteiger partial charge in [0.1, 0.15) is 5.69 Å². The van der Waals surface area contributed by atoms with E-state index in [1.807, 2.05) is 0 Å². The van der Waals surface area contributed by atoms with Gasteiger partial charge in [-0.3, -0.25) is 4.98 Å². The number of pyridine rings is 1. The quantitative estimate of drug-likeness (QED) is 0.608. The van der Waals surface area contributed by atoms with E-state index < -0.39 is 18.1 Å². The summed E-state index contributed by atoms with van der Waals surface area (Å²) in [6.45, 7) is 1.70. The van der Waals surface area contributed by atoms with E-state index >= 15 is 0 Å². The molecule has 0 radical (unpaired) electrons. The molecule has 0 spiro atoms. The minimum Gasteiger partial charge on any atom is -0.462 e. The van der Waals surface area contributed by atoms with Crippen molar-refractivity contribution in [2.24, 2.45) is 0 Å². The molecule has 1 rings (SSSR count). The SMILES string of the molecule is CCOC(=O)c1c(CCl)ccnc1C(F)F. The van der Waals surface area contributed by atoms with Crippen LogP contribution in [0.2, 0.25) is 0 Å². The predicted octanol–water partition coefficient (Wildman–Crippen LogP) is 2.93. The van der Waals surface area contributed by atoms with Crippen LogP contribution in [0.25, 0.3) is 0 Å². The van der Waals surface area contributed by atoms with Gasteiger partial charge in [0.05, 0.1) is 12.2 Å². The van der Waals surface area contributed by atoms with E-state index in [-0.39, 0.29) is 18.1 Å². The van der Waals surface area contributed by atoms with Crippen LogP contribution in [-0.2, 0) is 10.6 Å². The second-order valence-corrected chi connectivity index (χ2v) is 3.15. The van der Waals surface area contributed by atoms with Crippen LogP contribution in [0.5, 0.6) is 0 Å². The third-order valence-corrected chi connectivity index (χ3v) is 2.18. The predicted molar refractivity (Wildman–Crippen MR) is 54.7 cm³/mol. The monoisotopic (exact) mass is 249 g/mol. The van der Waals surface area contributed by atoms with E-state index in [9.17, 15) is 13.6 Å². The first-order valence-electron chi connectivity index (χ1n) is 4.60. The molecule has 0 amide bonds. The Morgan fingerprint density at radius 1 is 1.62 bits per heavy atom. The van der Waals surface area contributed by atoms with Gasteiger partial charge in [-0.15, -0.1) is 11.6 Å². The first kappa shape index (κ1) is 12.8. The van der Waals surface area contributed by atoms with Crippen molar-refractivity contribution >= 4 is 17.6 Å². The summed E-state index contributed by atoms with van der Waals surface area (Å²) >= 11 is 5.57. The number of carbonyl (C=O) groups is 1. The van der Waals surface area contributed by atoms with Crippen molar-refractivity contribution in [1.82, 2.24) is 4.98 Å². The van der Waals surface area contributed by atoms with Gasteiger partial charge in [-0.1, -0.05) is 0 Å². The molecule has 0 aromatic carbocycles. The molecule has 0 fully saturated rings. The molecule has 6 heteroatoms. The molecule has 0 aliphatic rings. The van der Waals surface area contributed by atoms with Gasteiger partial charge in [-0.25, -0.2) is 13.6 Å². The molecule has 0 aliphatic heterocycles. The molecule has 0 bridgehead atoms. The van der Waals surface area contributed by atoms with Crippen LogP contribution < -0.4 is 0 Å². The number of hydrogen-bond acceptors (Lipinski definition) is 3. The molecule has 1 aromatic rings. The Morgan fingerprint density at radius 3 is 2.81 bits per heavy atom. The molecule has 1 heterocycles. The van der Waals surface area contributed by atoms with Crippen LogP contribution in [-0.4, -0.2) is 17.6 Å². The van der Waals surface area contributed by atoms with Crippen LogP contribution in [0.1, 0.15) is 35.0 Å². The van der Waals surface area contributed by atoms with Crippen molar-refractivity contribution in [3.63, 3.8) is 0 Å². The molecule has 88 valence electrons. The number of nitrogens with zero attached hydrogens (tertiary/aromatic N) is 1. The molecule has 1 aromatic heterocycles. The zero-order chi connectivity index (χ0) is 12.1. The minimum atomic E-state index is -2.83. The van der Waals surface area contributed by atoms with E-state index in [1.165, 1.54) is 12.3 Å². The number of rotatable bonds is 4. The van der Waals surface area contributed by atoms with Gasteiger partial charge in [-0.05, 0) is 18.6 Å². The highest BCUT2D eigenvalue weighted by Crippen LogP contribution is 2.24. The largest absolute Gasteiger partial charge is 0.462 e. The molecule has 0 atom stereocenters. The van der Waals surface area contributed by atoms with E-state index in [4.69, 9.17) is 16.3 Å². The molecular weight excluding hydrogens is 240 g/mol. The molecule has 16 heavy (non-hydrogen) atoms. The van der Waals surface area contributed by atoms with Crippen molar-refractivity contribution in [2.45, 2.75) is 19.2 Å². The van der Waals surface area contributed by atoms with Gasteiger partial charge in [0.15, 0.2) is 0 Å². The standard InChI is InChI=1S/C10H10ClF2NO2/c1-2-16-10(15)7-6(5-11)3-4-14-8(7)9(12)13/h3-4,9H,2,5H2,1H3. The maximum absolute atomic E-state index is 12.6. The highest BCUT2D eigenvalue weighted by Gasteiger charge is 2.23. The normalized spacial score (nSPS) is 10.6. The number of ether oxygens (including phenoxy) is 1. The second-order valence-electron chi connectivity index (χ2n) is 2.89. The van der Waals surface area contributed by atoms with Crippen LogP contribution in [0.4, 0.5) is 8.78 Å². The lowest BCUT2D eigenvalue weighted by molar-refractivity contribution is 0.0512. The highest BCUT2D eigenvalue weighted by atomic mass is 35.5. The van der Waals surface area contributed by atoms with Gasteiger partial charge in [0.25, 0.3) is 6.43 Å². The topological polar surface area (TPSA) is 39.2 Å². The Balaban J connectivity index is 3.24. The van der Waals surface area contributed by atoms with E-state index in [1.54, 1.807) is 6.92 Å². The molecule has 3 nitrogen and oxygen atoms in total. The summed E-state index contributed by atoms with van der Waals surface area (Å²) in [7, 11) is 0. The smallest absolute Gasteiger partial charge is 0.340 e. The van der Waals surface area contributed by atoms with E-state index in [0.717, 1.165) is 0 Å². The van der Waals surface area contributed by atoms with Gasteiger partial charge >= 0.3 is 5.97 Å². The summed E-state index contributed by atoms with van der Waals surface area (Å²) in [5.41, 5.74) is -0.517. The van der Waals surface area contributed by atoms with Crippen LogP contribution >= 0.6 is 11.6 Å². The van der Waals surface area contributed by atoms with Gasteiger partial charge in [-0.2, -0.15) is 0 Å². The Hall–Kier alpha value is -1.23. The molecule has 0 N–H and O–H groups in total.